The summed E-state index contributed by atoms with van der Waals surface area (Å²) in [6.45, 7) is 0. The van der Waals surface area contributed by atoms with Crippen LogP contribution < -0.4 is 15.4 Å². The number of nitro groups is 1. The molecule has 0 aliphatic carbocycles. The summed E-state index contributed by atoms with van der Waals surface area (Å²) in [7, 11) is 1.57. The number of nitrogens with zero attached hydrogens (tertiary/aromatic N) is 3. The summed E-state index contributed by atoms with van der Waals surface area (Å²) in [5.41, 5.74) is 0.795. The fraction of sp³-hybridized carbons (Fsp3) is 0.0556. The van der Waals surface area contributed by atoms with Crippen LogP contribution in [0.5, 0.6) is 11.6 Å². The minimum absolute atomic E-state index is 0.168. The van der Waals surface area contributed by atoms with Crippen LogP contribution >= 0.6 is 0 Å². The summed E-state index contributed by atoms with van der Waals surface area (Å²) in [4.78, 5) is 31.0. The second-order valence-electron chi connectivity index (χ2n) is 5.37. The van der Waals surface area contributed by atoms with Crippen LogP contribution in [0.25, 0.3) is 0 Å². The molecule has 3 aromatic rings. The largest absolute Gasteiger partial charge is 0.437 e. The SMILES string of the molecule is CNc1ccc(C(=O)Nc2cccc(Oc3cnccn3)c2)cc1[N+](=O)[O-]. The average molecular weight is 365 g/mol. The monoisotopic (exact) mass is 365 g/mol. The van der Waals surface area contributed by atoms with E-state index in [-0.39, 0.29) is 11.3 Å². The van der Waals surface area contributed by atoms with E-state index in [1.54, 1.807) is 31.3 Å². The van der Waals surface area contributed by atoms with Crippen molar-refractivity contribution in [1.29, 1.82) is 0 Å². The van der Waals surface area contributed by atoms with Crippen LogP contribution in [0.4, 0.5) is 17.1 Å². The number of rotatable bonds is 6. The fourth-order valence-electron chi connectivity index (χ4n) is 2.33. The van der Waals surface area contributed by atoms with Gasteiger partial charge in [0.25, 0.3) is 11.6 Å². The van der Waals surface area contributed by atoms with Crippen molar-refractivity contribution in [2.45, 2.75) is 0 Å². The lowest BCUT2D eigenvalue weighted by molar-refractivity contribution is -0.384. The summed E-state index contributed by atoms with van der Waals surface area (Å²) in [5.74, 6) is 0.307. The van der Waals surface area contributed by atoms with Gasteiger partial charge in [-0.2, -0.15) is 0 Å². The summed E-state index contributed by atoms with van der Waals surface area (Å²) >= 11 is 0. The van der Waals surface area contributed by atoms with E-state index in [0.717, 1.165) is 0 Å². The number of aromatic nitrogens is 2. The molecule has 27 heavy (non-hydrogen) atoms. The summed E-state index contributed by atoms with van der Waals surface area (Å²) in [6.07, 6.45) is 4.50. The molecule has 1 aromatic heterocycles. The molecule has 0 bridgehead atoms. The van der Waals surface area contributed by atoms with Gasteiger partial charge in [-0.15, -0.1) is 0 Å². The molecule has 0 aliphatic heterocycles. The van der Waals surface area contributed by atoms with Crippen molar-refractivity contribution in [2.75, 3.05) is 17.7 Å². The Bertz CT molecular complexity index is 978. The molecular formula is C18H15N5O4. The predicted octanol–water partition coefficient (Wildman–Crippen LogP) is 3.47. The number of amides is 1. The molecule has 0 aliphatic rings. The normalized spacial score (nSPS) is 10.1. The zero-order valence-corrected chi connectivity index (χ0v) is 14.2. The highest BCUT2D eigenvalue weighted by Crippen LogP contribution is 2.26. The van der Waals surface area contributed by atoms with Crippen LogP contribution in [0.2, 0.25) is 0 Å². The Hall–Kier alpha value is -4.01. The third-order valence-corrected chi connectivity index (χ3v) is 3.58. The van der Waals surface area contributed by atoms with Crippen molar-refractivity contribution in [3.8, 4) is 11.6 Å². The van der Waals surface area contributed by atoms with E-state index in [2.05, 4.69) is 20.6 Å². The average Bonchev–Trinajstić information content (AvgIpc) is 2.68. The lowest BCUT2D eigenvalue weighted by Crippen LogP contribution is -2.12. The summed E-state index contributed by atoms with van der Waals surface area (Å²) < 4.78 is 5.56. The first-order valence-corrected chi connectivity index (χ1v) is 7.88. The van der Waals surface area contributed by atoms with E-state index in [9.17, 15) is 14.9 Å². The molecule has 1 amide bonds. The molecule has 9 nitrogen and oxygen atoms in total. The standard InChI is InChI=1S/C18H15N5O4/c1-19-15-6-5-12(9-16(15)23(25)26)18(24)22-13-3-2-4-14(10-13)27-17-11-20-7-8-21-17/h2-11,19H,1H3,(H,22,24). The number of carbonyl (C=O) groups is 1. The lowest BCUT2D eigenvalue weighted by atomic mass is 10.1. The topological polar surface area (TPSA) is 119 Å². The number of anilines is 2. The minimum atomic E-state index is -0.544. The van der Waals surface area contributed by atoms with Crippen molar-refractivity contribution in [3.05, 3.63) is 76.7 Å². The first-order valence-electron chi connectivity index (χ1n) is 7.88. The zero-order valence-electron chi connectivity index (χ0n) is 14.2. The predicted molar refractivity (Wildman–Crippen MR) is 99.1 cm³/mol. The van der Waals surface area contributed by atoms with E-state index in [4.69, 9.17) is 4.74 Å². The van der Waals surface area contributed by atoms with Gasteiger partial charge in [-0.1, -0.05) is 6.07 Å². The number of benzene rings is 2. The van der Waals surface area contributed by atoms with E-state index in [1.807, 2.05) is 0 Å². The van der Waals surface area contributed by atoms with Crippen LogP contribution in [0.1, 0.15) is 10.4 Å². The van der Waals surface area contributed by atoms with Crippen LogP contribution in [0.15, 0.2) is 61.1 Å². The van der Waals surface area contributed by atoms with Crippen molar-refractivity contribution in [1.82, 2.24) is 9.97 Å². The molecular weight excluding hydrogens is 350 g/mol. The molecule has 9 heteroatoms. The van der Waals surface area contributed by atoms with E-state index in [1.165, 1.54) is 36.8 Å². The Labute approximate surface area is 154 Å². The van der Waals surface area contributed by atoms with Gasteiger partial charge in [-0.05, 0) is 24.3 Å². The fourth-order valence-corrected chi connectivity index (χ4v) is 2.33. The Morgan fingerprint density at radius 2 is 2.04 bits per heavy atom. The molecule has 136 valence electrons. The smallest absolute Gasteiger partial charge is 0.293 e. The highest BCUT2D eigenvalue weighted by Gasteiger charge is 2.17. The van der Waals surface area contributed by atoms with Gasteiger partial charge in [-0.25, -0.2) is 4.98 Å². The maximum atomic E-state index is 12.4. The number of ether oxygens (including phenoxy) is 1. The molecule has 1 heterocycles. The lowest BCUT2D eigenvalue weighted by Gasteiger charge is -2.09. The van der Waals surface area contributed by atoms with Gasteiger partial charge in [0.1, 0.15) is 11.4 Å². The van der Waals surface area contributed by atoms with Crippen molar-refractivity contribution >= 4 is 23.0 Å². The highest BCUT2D eigenvalue weighted by atomic mass is 16.6. The maximum absolute atomic E-state index is 12.4. The second-order valence-corrected chi connectivity index (χ2v) is 5.37. The quantitative estimate of drug-likeness (QED) is 0.507. The third-order valence-electron chi connectivity index (χ3n) is 3.58. The number of carbonyl (C=O) groups excluding carboxylic acids is 1. The van der Waals surface area contributed by atoms with Crippen LogP contribution in [-0.2, 0) is 0 Å². The maximum Gasteiger partial charge on any atom is 0.293 e. The molecule has 0 unspecified atom stereocenters. The van der Waals surface area contributed by atoms with E-state index in [0.29, 0.717) is 23.0 Å². The van der Waals surface area contributed by atoms with Crippen molar-refractivity contribution in [2.24, 2.45) is 0 Å². The molecule has 3 rings (SSSR count). The number of hydrogen-bond acceptors (Lipinski definition) is 7. The van der Waals surface area contributed by atoms with Crippen LogP contribution in [0, 0.1) is 10.1 Å². The van der Waals surface area contributed by atoms with Crippen LogP contribution in [-0.4, -0.2) is 27.8 Å². The number of nitrogens with one attached hydrogen (secondary N) is 2. The van der Waals surface area contributed by atoms with Gasteiger partial charge in [0.2, 0.25) is 5.88 Å². The van der Waals surface area contributed by atoms with Gasteiger partial charge in [0.05, 0.1) is 11.1 Å². The first-order chi connectivity index (χ1) is 13.1. The molecule has 0 fully saturated rings. The van der Waals surface area contributed by atoms with Gasteiger partial charge in [-0.3, -0.25) is 19.9 Å². The third kappa shape index (κ3) is 4.34. The van der Waals surface area contributed by atoms with E-state index >= 15 is 0 Å². The molecule has 0 atom stereocenters. The molecule has 0 radical (unpaired) electrons. The molecule has 2 N–H and O–H groups in total. The van der Waals surface area contributed by atoms with Crippen molar-refractivity contribution < 1.29 is 14.5 Å². The van der Waals surface area contributed by atoms with Gasteiger partial charge >= 0.3 is 0 Å². The van der Waals surface area contributed by atoms with Gasteiger partial charge in [0, 0.05) is 42.8 Å². The van der Waals surface area contributed by atoms with Gasteiger partial charge in [0.15, 0.2) is 0 Å². The Morgan fingerprint density at radius 3 is 2.74 bits per heavy atom. The van der Waals surface area contributed by atoms with E-state index < -0.39 is 10.8 Å². The zero-order chi connectivity index (χ0) is 19.2. The highest BCUT2D eigenvalue weighted by molar-refractivity contribution is 6.05. The minimum Gasteiger partial charge on any atom is -0.437 e. The molecule has 2 aromatic carbocycles. The number of hydrogen-bond donors (Lipinski definition) is 2. The first kappa shape index (κ1) is 17.8. The molecule has 0 saturated heterocycles. The van der Waals surface area contributed by atoms with Crippen LogP contribution in [0.3, 0.4) is 0 Å². The molecule has 0 saturated carbocycles. The summed E-state index contributed by atoms with van der Waals surface area (Å²) in [6, 6.07) is 10.9. The Morgan fingerprint density at radius 1 is 1.19 bits per heavy atom. The Balaban J connectivity index is 1.77. The number of nitro benzene ring substituents is 1. The molecule has 0 spiro atoms. The Kier molecular flexibility index (Phi) is 5.22. The van der Waals surface area contributed by atoms with Gasteiger partial charge < -0.3 is 15.4 Å². The van der Waals surface area contributed by atoms with Crippen molar-refractivity contribution in [3.63, 3.8) is 0 Å². The second kappa shape index (κ2) is 7.91. The summed E-state index contributed by atoms with van der Waals surface area (Å²) in [5, 5.41) is 16.6.